The van der Waals surface area contributed by atoms with Gasteiger partial charge >= 0.3 is 6.03 Å². The smallest absolute Gasteiger partial charge is 0.323 e. The van der Waals surface area contributed by atoms with Crippen LogP contribution in [-0.4, -0.2) is 47.3 Å². The summed E-state index contributed by atoms with van der Waals surface area (Å²) in [6.07, 6.45) is 4.42. The van der Waals surface area contributed by atoms with Crippen LogP contribution in [0.3, 0.4) is 0 Å². The fourth-order valence-electron chi connectivity index (χ4n) is 3.45. The predicted molar refractivity (Wildman–Crippen MR) is 110 cm³/mol. The van der Waals surface area contributed by atoms with E-state index in [0.717, 1.165) is 17.7 Å². The molecular weight excluding hydrogens is 374 g/mol. The normalized spacial score (nSPS) is 15.8. The van der Waals surface area contributed by atoms with Crippen molar-refractivity contribution in [2.75, 3.05) is 30.9 Å². The SMILES string of the molecule is CN(C)C(=O)N1CCC(n2cccn2)c2cc(NC(=O)c3ccsc3)ccc21. The van der Waals surface area contributed by atoms with Crippen LogP contribution in [-0.2, 0) is 0 Å². The molecule has 144 valence electrons. The minimum Gasteiger partial charge on any atom is -0.330 e. The molecule has 3 aromatic rings. The van der Waals surface area contributed by atoms with E-state index >= 15 is 0 Å². The quantitative estimate of drug-likeness (QED) is 0.735. The molecule has 0 radical (unpaired) electrons. The Kier molecular flexibility index (Phi) is 4.87. The summed E-state index contributed by atoms with van der Waals surface area (Å²) >= 11 is 1.48. The molecule has 1 aromatic carbocycles. The second kappa shape index (κ2) is 7.47. The highest BCUT2D eigenvalue weighted by molar-refractivity contribution is 7.08. The summed E-state index contributed by atoms with van der Waals surface area (Å²) < 4.78 is 1.90. The Morgan fingerprint density at radius 1 is 1.29 bits per heavy atom. The second-order valence-corrected chi connectivity index (χ2v) is 7.64. The van der Waals surface area contributed by atoms with Gasteiger partial charge in [-0.3, -0.25) is 14.4 Å². The number of aromatic nitrogens is 2. The summed E-state index contributed by atoms with van der Waals surface area (Å²) in [5.41, 5.74) is 3.15. The van der Waals surface area contributed by atoms with Crippen molar-refractivity contribution in [3.63, 3.8) is 0 Å². The molecule has 0 saturated heterocycles. The monoisotopic (exact) mass is 395 g/mol. The maximum absolute atomic E-state index is 12.6. The fourth-order valence-corrected chi connectivity index (χ4v) is 4.09. The molecule has 0 bridgehead atoms. The first-order valence-corrected chi connectivity index (χ1v) is 9.94. The second-order valence-electron chi connectivity index (χ2n) is 6.86. The highest BCUT2D eigenvalue weighted by atomic mass is 32.1. The summed E-state index contributed by atoms with van der Waals surface area (Å²) in [7, 11) is 3.49. The number of carbonyl (C=O) groups is 2. The van der Waals surface area contributed by atoms with Crippen LogP contribution in [0.15, 0.2) is 53.5 Å². The van der Waals surface area contributed by atoms with Gasteiger partial charge in [-0.25, -0.2) is 4.79 Å². The molecule has 1 aliphatic rings. The number of anilines is 2. The lowest BCUT2D eigenvalue weighted by Gasteiger charge is -2.36. The first-order valence-electron chi connectivity index (χ1n) is 9.00. The molecule has 3 heterocycles. The van der Waals surface area contributed by atoms with Gasteiger partial charge in [-0.2, -0.15) is 16.4 Å². The Morgan fingerprint density at radius 2 is 2.14 bits per heavy atom. The molecule has 1 aliphatic heterocycles. The zero-order valence-corrected chi connectivity index (χ0v) is 16.5. The van der Waals surface area contributed by atoms with Crippen molar-refractivity contribution >= 4 is 34.6 Å². The highest BCUT2D eigenvalue weighted by Crippen LogP contribution is 2.38. The average molecular weight is 395 g/mol. The number of carbonyl (C=O) groups excluding carboxylic acids is 2. The molecule has 28 heavy (non-hydrogen) atoms. The van der Waals surface area contributed by atoms with Crippen LogP contribution in [0.25, 0.3) is 0 Å². The van der Waals surface area contributed by atoms with Crippen molar-refractivity contribution < 1.29 is 9.59 Å². The lowest BCUT2D eigenvalue weighted by molar-refractivity contribution is 0.102. The molecule has 4 rings (SSSR count). The van der Waals surface area contributed by atoms with Crippen molar-refractivity contribution in [3.8, 4) is 0 Å². The van der Waals surface area contributed by atoms with Gasteiger partial charge in [0.15, 0.2) is 0 Å². The Balaban J connectivity index is 1.71. The number of hydrogen-bond donors (Lipinski definition) is 1. The van der Waals surface area contributed by atoms with Crippen LogP contribution in [0, 0.1) is 0 Å². The molecule has 0 saturated carbocycles. The minimum absolute atomic E-state index is 0.00853. The van der Waals surface area contributed by atoms with Crippen LogP contribution in [0.2, 0.25) is 0 Å². The third-order valence-electron chi connectivity index (χ3n) is 4.80. The van der Waals surface area contributed by atoms with E-state index in [1.165, 1.54) is 11.3 Å². The van der Waals surface area contributed by atoms with E-state index in [4.69, 9.17) is 0 Å². The molecule has 8 heteroatoms. The molecule has 0 spiro atoms. The Bertz CT molecular complexity index is 982. The molecule has 0 aliphatic carbocycles. The van der Waals surface area contributed by atoms with E-state index in [9.17, 15) is 9.59 Å². The third-order valence-corrected chi connectivity index (χ3v) is 5.49. The van der Waals surface area contributed by atoms with Crippen LogP contribution in [0.4, 0.5) is 16.2 Å². The summed E-state index contributed by atoms with van der Waals surface area (Å²) in [6, 6.07) is 9.31. The van der Waals surface area contributed by atoms with Gasteiger partial charge in [-0.1, -0.05) is 0 Å². The highest BCUT2D eigenvalue weighted by Gasteiger charge is 2.31. The van der Waals surface area contributed by atoms with Crippen LogP contribution in [0.1, 0.15) is 28.4 Å². The number of nitrogens with zero attached hydrogens (tertiary/aromatic N) is 4. The van der Waals surface area contributed by atoms with Gasteiger partial charge in [0, 0.05) is 49.7 Å². The Hall–Kier alpha value is -3.13. The van der Waals surface area contributed by atoms with Gasteiger partial charge in [-0.05, 0) is 42.1 Å². The van der Waals surface area contributed by atoms with Gasteiger partial charge in [0.2, 0.25) is 0 Å². The van der Waals surface area contributed by atoms with E-state index in [1.807, 2.05) is 45.9 Å². The standard InChI is InChI=1S/C20H21N5O2S/c1-23(2)20(27)24-10-6-18(25-9-3-8-21-25)16-12-15(4-5-17(16)24)22-19(26)14-7-11-28-13-14/h3-5,7-9,11-13,18H,6,10H2,1-2H3,(H,22,26). The van der Waals surface area contributed by atoms with Crippen molar-refractivity contribution in [1.29, 1.82) is 0 Å². The number of thiophene rings is 1. The van der Waals surface area contributed by atoms with Gasteiger partial charge in [0.25, 0.3) is 5.91 Å². The molecule has 1 N–H and O–H groups in total. The van der Waals surface area contributed by atoms with Gasteiger partial charge in [0.05, 0.1) is 17.3 Å². The van der Waals surface area contributed by atoms with Crippen LogP contribution < -0.4 is 10.2 Å². The summed E-state index contributed by atoms with van der Waals surface area (Å²) in [6.45, 7) is 0.606. The van der Waals surface area contributed by atoms with Crippen molar-refractivity contribution in [1.82, 2.24) is 14.7 Å². The summed E-state index contributed by atoms with van der Waals surface area (Å²) in [4.78, 5) is 28.4. The number of benzene rings is 1. The molecule has 3 amide bonds. The minimum atomic E-state index is -0.145. The Labute approximate surface area is 167 Å². The first kappa shape index (κ1) is 18.2. The van der Waals surface area contributed by atoms with Gasteiger partial charge in [-0.15, -0.1) is 0 Å². The number of amides is 3. The molecule has 7 nitrogen and oxygen atoms in total. The maximum atomic E-state index is 12.6. The fraction of sp³-hybridized carbons (Fsp3) is 0.250. The van der Waals surface area contributed by atoms with E-state index in [2.05, 4.69) is 10.4 Å². The number of hydrogen-bond acceptors (Lipinski definition) is 4. The zero-order chi connectivity index (χ0) is 19.7. The van der Waals surface area contributed by atoms with E-state index in [0.29, 0.717) is 17.8 Å². The van der Waals surface area contributed by atoms with Gasteiger partial charge in [0.1, 0.15) is 0 Å². The van der Waals surface area contributed by atoms with Crippen molar-refractivity contribution in [2.45, 2.75) is 12.5 Å². The molecule has 0 fully saturated rings. The van der Waals surface area contributed by atoms with Gasteiger partial charge < -0.3 is 10.2 Å². The number of fused-ring (bicyclic) bond motifs is 1. The Morgan fingerprint density at radius 3 is 2.82 bits per heavy atom. The topological polar surface area (TPSA) is 70.5 Å². The largest absolute Gasteiger partial charge is 0.330 e. The first-order chi connectivity index (χ1) is 13.5. The number of rotatable bonds is 3. The molecular formula is C20H21N5O2S. The molecule has 1 unspecified atom stereocenters. The van der Waals surface area contributed by atoms with E-state index in [-0.39, 0.29) is 18.0 Å². The van der Waals surface area contributed by atoms with Crippen molar-refractivity contribution in [2.24, 2.45) is 0 Å². The van der Waals surface area contributed by atoms with E-state index < -0.39 is 0 Å². The van der Waals surface area contributed by atoms with E-state index in [1.54, 1.807) is 36.2 Å². The average Bonchev–Trinajstić information content (AvgIpc) is 3.40. The lowest BCUT2D eigenvalue weighted by Crippen LogP contribution is -2.43. The van der Waals surface area contributed by atoms with Crippen molar-refractivity contribution in [3.05, 3.63) is 64.6 Å². The maximum Gasteiger partial charge on any atom is 0.323 e. The number of nitrogens with one attached hydrogen (secondary N) is 1. The molecule has 1 atom stereocenters. The number of urea groups is 1. The zero-order valence-electron chi connectivity index (χ0n) is 15.7. The summed E-state index contributed by atoms with van der Waals surface area (Å²) in [5, 5.41) is 11.0. The summed E-state index contributed by atoms with van der Waals surface area (Å²) in [5.74, 6) is -0.145. The molecule has 2 aromatic heterocycles. The predicted octanol–water partition coefficient (Wildman–Crippen LogP) is 3.68. The van der Waals surface area contributed by atoms with Crippen LogP contribution >= 0.6 is 11.3 Å². The third kappa shape index (κ3) is 3.38. The van der Waals surface area contributed by atoms with Crippen LogP contribution in [0.5, 0.6) is 0 Å². The lowest BCUT2D eigenvalue weighted by atomic mass is 9.96.